The average Bonchev–Trinajstić information content (AvgIpc) is 2.98. The van der Waals surface area contributed by atoms with E-state index in [0.29, 0.717) is 11.7 Å². The molecule has 124 valence electrons. The minimum absolute atomic E-state index is 0.00335. The van der Waals surface area contributed by atoms with Gasteiger partial charge in [0.2, 0.25) is 0 Å². The summed E-state index contributed by atoms with van der Waals surface area (Å²) in [7, 11) is 0. The molecule has 0 aliphatic carbocycles. The van der Waals surface area contributed by atoms with Gasteiger partial charge in [0, 0.05) is 24.8 Å². The Morgan fingerprint density at radius 3 is 2.58 bits per heavy atom. The minimum Gasteiger partial charge on any atom is -0.337 e. The van der Waals surface area contributed by atoms with E-state index in [1.165, 1.54) is 17.7 Å². The zero-order valence-corrected chi connectivity index (χ0v) is 14.0. The van der Waals surface area contributed by atoms with Gasteiger partial charge in [0.25, 0.3) is 5.91 Å². The Labute approximate surface area is 142 Å². The normalized spacial score (nSPS) is 20.1. The first-order chi connectivity index (χ1) is 11.7. The van der Waals surface area contributed by atoms with Crippen LogP contribution in [0, 0.1) is 0 Å². The van der Waals surface area contributed by atoms with E-state index in [1.54, 1.807) is 0 Å². The van der Waals surface area contributed by atoms with Crippen molar-refractivity contribution in [2.24, 2.45) is 0 Å². The fourth-order valence-electron chi connectivity index (χ4n) is 3.74. The van der Waals surface area contributed by atoms with Gasteiger partial charge >= 0.3 is 0 Å². The van der Waals surface area contributed by atoms with E-state index >= 15 is 0 Å². The van der Waals surface area contributed by atoms with Crippen molar-refractivity contribution in [2.75, 3.05) is 18.0 Å². The lowest BCUT2D eigenvalue weighted by molar-refractivity contribution is 0.0717. The number of likely N-dealkylation sites (tertiary alicyclic amines) is 1. The van der Waals surface area contributed by atoms with Crippen LogP contribution in [0.25, 0.3) is 0 Å². The molecule has 2 aliphatic heterocycles. The number of fused-ring (bicyclic) bond motifs is 1. The van der Waals surface area contributed by atoms with Gasteiger partial charge in [0.15, 0.2) is 11.5 Å². The first-order valence-electron chi connectivity index (χ1n) is 8.74. The predicted octanol–water partition coefficient (Wildman–Crippen LogP) is 3.19. The number of carbonyl (C=O) groups is 1. The van der Waals surface area contributed by atoms with Crippen LogP contribution in [0.2, 0.25) is 0 Å². The molecule has 1 aromatic heterocycles. The third-order valence-corrected chi connectivity index (χ3v) is 4.97. The highest BCUT2D eigenvalue weighted by molar-refractivity contribution is 5.92. The highest BCUT2D eigenvalue weighted by Gasteiger charge is 2.28. The topological polar surface area (TPSA) is 49.3 Å². The summed E-state index contributed by atoms with van der Waals surface area (Å²) in [4.78, 5) is 16.6. The molecule has 1 unspecified atom stereocenters. The Morgan fingerprint density at radius 1 is 1.04 bits per heavy atom. The maximum Gasteiger partial charge on any atom is 0.274 e. The third-order valence-electron chi connectivity index (χ3n) is 4.97. The number of para-hydroxylation sites is 1. The number of hydrogen-bond donors (Lipinski definition) is 0. The molecule has 1 fully saturated rings. The van der Waals surface area contributed by atoms with Crippen molar-refractivity contribution >= 4 is 17.4 Å². The molecule has 1 atom stereocenters. The highest BCUT2D eigenvalue weighted by Crippen LogP contribution is 2.36. The Morgan fingerprint density at radius 2 is 1.83 bits per heavy atom. The summed E-state index contributed by atoms with van der Waals surface area (Å²) in [5, 5.41) is 8.58. The van der Waals surface area contributed by atoms with Crippen LogP contribution in [0.1, 0.15) is 42.2 Å². The van der Waals surface area contributed by atoms with Gasteiger partial charge in [-0.15, -0.1) is 10.2 Å². The monoisotopic (exact) mass is 322 g/mol. The quantitative estimate of drug-likeness (QED) is 0.852. The van der Waals surface area contributed by atoms with Gasteiger partial charge in [0.05, 0.1) is 0 Å². The van der Waals surface area contributed by atoms with Gasteiger partial charge in [-0.1, -0.05) is 18.2 Å². The molecule has 2 aromatic rings. The summed E-state index contributed by atoms with van der Waals surface area (Å²) < 4.78 is 0. The molecule has 0 spiro atoms. The second kappa shape index (κ2) is 6.23. The summed E-state index contributed by atoms with van der Waals surface area (Å²) in [6.45, 7) is 3.85. The summed E-state index contributed by atoms with van der Waals surface area (Å²) in [5.41, 5.74) is 2.97. The molecular formula is C19H22N4O. The summed E-state index contributed by atoms with van der Waals surface area (Å²) in [5.74, 6) is 0.811. The molecule has 1 saturated heterocycles. The van der Waals surface area contributed by atoms with Gasteiger partial charge in [-0.2, -0.15) is 0 Å². The van der Waals surface area contributed by atoms with Crippen molar-refractivity contribution in [1.29, 1.82) is 0 Å². The van der Waals surface area contributed by atoms with Crippen LogP contribution >= 0.6 is 0 Å². The van der Waals surface area contributed by atoms with Crippen LogP contribution in [-0.4, -0.2) is 40.1 Å². The van der Waals surface area contributed by atoms with Crippen LogP contribution in [-0.2, 0) is 6.42 Å². The van der Waals surface area contributed by atoms with E-state index in [4.69, 9.17) is 0 Å². The van der Waals surface area contributed by atoms with Crippen molar-refractivity contribution in [1.82, 2.24) is 15.1 Å². The number of hydrogen-bond acceptors (Lipinski definition) is 4. The summed E-state index contributed by atoms with van der Waals surface area (Å²) in [6.07, 6.45) is 4.38. The van der Waals surface area contributed by atoms with Crippen molar-refractivity contribution in [3.05, 3.63) is 47.7 Å². The SMILES string of the molecule is CC1Cc2ccccc2N1c1ccc(C(=O)N2CCCCC2)nn1. The van der Waals surface area contributed by atoms with Gasteiger partial charge < -0.3 is 9.80 Å². The molecule has 3 heterocycles. The lowest BCUT2D eigenvalue weighted by Crippen LogP contribution is -2.36. The van der Waals surface area contributed by atoms with Gasteiger partial charge in [0.1, 0.15) is 0 Å². The molecule has 4 rings (SSSR count). The fourth-order valence-corrected chi connectivity index (χ4v) is 3.74. The number of piperidine rings is 1. The smallest absolute Gasteiger partial charge is 0.274 e. The van der Waals surface area contributed by atoms with Crippen molar-refractivity contribution in [2.45, 2.75) is 38.6 Å². The van der Waals surface area contributed by atoms with Gasteiger partial charge in [-0.05, 0) is 56.4 Å². The van der Waals surface area contributed by atoms with Gasteiger partial charge in [-0.25, -0.2) is 0 Å². The number of nitrogens with zero attached hydrogens (tertiary/aromatic N) is 4. The molecular weight excluding hydrogens is 300 g/mol. The van der Waals surface area contributed by atoms with Gasteiger partial charge in [-0.3, -0.25) is 4.79 Å². The lowest BCUT2D eigenvalue weighted by atomic mass is 10.1. The number of anilines is 2. The Kier molecular flexibility index (Phi) is 3.92. The molecule has 2 aliphatic rings. The standard InChI is InChI=1S/C19H22N4O/c1-14-13-15-7-3-4-8-17(15)23(14)18-10-9-16(20-21-18)19(24)22-11-5-2-6-12-22/h3-4,7-10,14H,2,5-6,11-13H2,1H3. The maximum absolute atomic E-state index is 12.5. The van der Waals surface area contributed by atoms with Crippen LogP contribution in [0.15, 0.2) is 36.4 Å². The Bertz CT molecular complexity index is 737. The average molecular weight is 322 g/mol. The molecule has 24 heavy (non-hydrogen) atoms. The van der Waals surface area contributed by atoms with Crippen molar-refractivity contribution in [3.63, 3.8) is 0 Å². The predicted molar refractivity (Wildman–Crippen MR) is 93.5 cm³/mol. The van der Waals surface area contributed by atoms with Crippen molar-refractivity contribution in [3.8, 4) is 0 Å². The number of carbonyl (C=O) groups excluding carboxylic acids is 1. The second-order valence-electron chi connectivity index (χ2n) is 6.68. The van der Waals surface area contributed by atoms with Crippen LogP contribution in [0.5, 0.6) is 0 Å². The largest absolute Gasteiger partial charge is 0.337 e. The molecule has 0 N–H and O–H groups in total. The third kappa shape index (κ3) is 2.64. The van der Waals surface area contributed by atoms with E-state index in [0.717, 1.165) is 38.2 Å². The Hall–Kier alpha value is -2.43. The van der Waals surface area contributed by atoms with Crippen LogP contribution in [0.4, 0.5) is 11.5 Å². The molecule has 1 amide bonds. The summed E-state index contributed by atoms with van der Waals surface area (Å²) in [6, 6.07) is 12.5. The minimum atomic E-state index is 0.00335. The molecule has 0 bridgehead atoms. The van der Waals surface area contributed by atoms with Crippen molar-refractivity contribution < 1.29 is 4.79 Å². The number of rotatable bonds is 2. The first kappa shape index (κ1) is 15.1. The number of amides is 1. The van der Waals surface area contributed by atoms with E-state index in [-0.39, 0.29) is 5.91 Å². The maximum atomic E-state index is 12.5. The zero-order chi connectivity index (χ0) is 16.5. The first-order valence-corrected chi connectivity index (χ1v) is 8.74. The van der Waals surface area contributed by atoms with Crippen LogP contribution < -0.4 is 4.90 Å². The van der Waals surface area contributed by atoms with E-state index in [9.17, 15) is 4.79 Å². The van der Waals surface area contributed by atoms with E-state index in [2.05, 4.69) is 40.2 Å². The second-order valence-corrected chi connectivity index (χ2v) is 6.68. The van der Waals surface area contributed by atoms with Crippen LogP contribution in [0.3, 0.4) is 0 Å². The molecule has 0 radical (unpaired) electrons. The molecule has 5 nitrogen and oxygen atoms in total. The number of aromatic nitrogens is 2. The lowest BCUT2D eigenvalue weighted by Gasteiger charge is -2.26. The molecule has 5 heteroatoms. The highest BCUT2D eigenvalue weighted by atomic mass is 16.2. The Balaban J connectivity index is 1.57. The zero-order valence-electron chi connectivity index (χ0n) is 14.0. The number of benzene rings is 1. The molecule has 1 aromatic carbocycles. The van der Waals surface area contributed by atoms with E-state index in [1.807, 2.05) is 23.1 Å². The summed E-state index contributed by atoms with van der Waals surface area (Å²) >= 11 is 0. The van der Waals surface area contributed by atoms with E-state index < -0.39 is 0 Å². The molecule has 0 saturated carbocycles. The fraction of sp³-hybridized carbons (Fsp3) is 0.421.